The lowest BCUT2D eigenvalue weighted by molar-refractivity contribution is 0.0173. The highest BCUT2D eigenvalue weighted by Crippen LogP contribution is 2.19. The second-order valence-corrected chi connectivity index (χ2v) is 7.23. The lowest BCUT2D eigenvalue weighted by Gasteiger charge is -2.27. The Hall–Kier alpha value is -0.950. The smallest absolute Gasteiger partial charge is 0.240 e. The summed E-state index contributed by atoms with van der Waals surface area (Å²) >= 11 is 0. The molecular formula is C15H24N2O3S. The maximum Gasteiger partial charge on any atom is 0.240 e. The van der Waals surface area contributed by atoms with Gasteiger partial charge in [0.2, 0.25) is 10.0 Å². The maximum atomic E-state index is 12.5. The zero-order chi connectivity index (χ0) is 15.5. The lowest BCUT2D eigenvalue weighted by atomic mass is 10.1. The molecule has 2 rings (SSSR count). The Morgan fingerprint density at radius 3 is 2.76 bits per heavy atom. The Kier molecular flexibility index (Phi) is 5.37. The molecule has 1 aliphatic rings. The van der Waals surface area contributed by atoms with Crippen molar-refractivity contribution in [3.8, 4) is 0 Å². The molecule has 1 heterocycles. The van der Waals surface area contributed by atoms with Gasteiger partial charge in [-0.25, -0.2) is 13.1 Å². The molecule has 1 aromatic rings. The predicted molar refractivity (Wildman–Crippen MR) is 82.5 cm³/mol. The van der Waals surface area contributed by atoms with Crippen molar-refractivity contribution in [1.82, 2.24) is 4.72 Å². The normalized spacial score (nSPS) is 23.2. The Balaban J connectivity index is 2.19. The average Bonchev–Trinajstić information content (AvgIpc) is 2.46. The topological polar surface area (TPSA) is 81.4 Å². The predicted octanol–water partition coefficient (Wildman–Crippen LogP) is 1.55. The van der Waals surface area contributed by atoms with Gasteiger partial charge < -0.3 is 10.5 Å². The van der Waals surface area contributed by atoms with E-state index < -0.39 is 10.0 Å². The van der Waals surface area contributed by atoms with Crippen LogP contribution in [0.25, 0.3) is 0 Å². The van der Waals surface area contributed by atoms with Crippen molar-refractivity contribution >= 4 is 10.0 Å². The summed E-state index contributed by atoms with van der Waals surface area (Å²) in [7, 11) is -3.50. The molecule has 1 fully saturated rings. The van der Waals surface area contributed by atoms with E-state index in [0.717, 1.165) is 17.5 Å². The minimum absolute atomic E-state index is 0.0640. The Labute approximate surface area is 126 Å². The minimum Gasteiger partial charge on any atom is -0.378 e. The molecule has 118 valence electrons. The summed E-state index contributed by atoms with van der Waals surface area (Å²) in [6.07, 6.45) is 2.35. The van der Waals surface area contributed by atoms with Crippen LogP contribution in [-0.4, -0.2) is 27.2 Å². The molecule has 0 saturated carbocycles. The van der Waals surface area contributed by atoms with E-state index >= 15 is 0 Å². The van der Waals surface area contributed by atoms with Crippen molar-refractivity contribution in [2.24, 2.45) is 5.73 Å². The summed E-state index contributed by atoms with van der Waals surface area (Å²) in [6.45, 7) is 4.94. The molecule has 2 atom stereocenters. The summed E-state index contributed by atoms with van der Waals surface area (Å²) in [4.78, 5) is 0.291. The van der Waals surface area contributed by atoms with Crippen LogP contribution in [-0.2, 0) is 27.7 Å². The van der Waals surface area contributed by atoms with Gasteiger partial charge in [0.05, 0.1) is 11.0 Å². The Morgan fingerprint density at radius 2 is 2.14 bits per heavy atom. The van der Waals surface area contributed by atoms with Gasteiger partial charge >= 0.3 is 0 Å². The average molecular weight is 312 g/mol. The minimum atomic E-state index is -3.50. The van der Waals surface area contributed by atoms with E-state index in [2.05, 4.69) is 4.72 Å². The van der Waals surface area contributed by atoms with Crippen molar-refractivity contribution in [3.05, 3.63) is 29.3 Å². The van der Waals surface area contributed by atoms with Gasteiger partial charge in [0.25, 0.3) is 0 Å². The van der Waals surface area contributed by atoms with Gasteiger partial charge in [-0.15, -0.1) is 0 Å². The first-order chi connectivity index (χ1) is 9.96. The van der Waals surface area contributed by atoms with Crippen LogP contribution < -0.4 is 10.5 Å². The molecule has 0 aromatic heterocycles. The molecule has 0 bridgehead atoms. The summed E-state index contributed by atoms with van der Waals surface area (Å²) in [6, 6.07) is 5.13. The van der Waals surface area contributed by atoms with Gasteiger partial charge in [-0.2, -0.15) is 0 Å². The number of rotatable bonds is 5. The van der Waals surface area contributed by atoms with Gasteiger partial charge in [-0.05, 0) is 49.4 Å². The molecule has 0 radical (unpaired) electrons. The monoisotopic (exact) mass is 312 g/mol. The van der Waals surface area contributed by atoms with Crippen LogP contribution in [0.1, 0.15) is 37.8 Å². The first kappa shape index (κ1) is 16.4. The molecule has 5 nitrogen and oxygen atoms in total. The van der Waals surface area contributed by atoms with Crippen LogP contribution in [0.5, 0.6) is 0 Å². The van der Waals surface area contributed by atoms with Crippen molar-refractivity contribution in [1.29, 1.82) is 0 Å². The first-order valence-corrected chi connectivity index (χ1v) is 8.90. The fourth-order valence-corrected chi connectivity index (χ4v) is 4.03. The van der Waals surface area contributed by atoms with Gasteiger partial charge in [0.1, 0.15) is 0 Å². The van der Waals surface area contributed by atoms with Gasteiger partial charge in [-0.3, -0.25) is 0 Å². The zero-order valence-corrected chi connectivity index (χ0v) is 13.4. The van der Waals surface area contributed by atoms with Gasteiger partial charge in [-0.1, -0.05) is 13.0 Å². The van der Waals surface area contributed by atoms with Crippen LogP contribution >= 0.6 is 0 Å². The lowest BCUT2D eigenvalue weighted by Crippen LogP contribution is -2.41. The third-order valence-electron chi connectivity index (χ3n) is 3.90. The molecule has 0 amide bonds. The van der Waals surface area contributed by atoms with E-state index in [0.29, 0.717) is 30.9 Å². The molecular weight excluding hydrogens is 288 g/mol. The molecule has 1 saturated heterocycles. The van der Waals surface area contributed by atoms with E-state index in [-0.39, 0.29) is 12.1 Å². The van der Waals surface area contributed by atoms with Crippen molar-refractivity contribution < 1.29 is 13.2 Å². The van der Waals surface area contributed by atoms with Crippen LogP contribution in [0, 0.1) is 0 Å². The van der Waals surface area contributed by atoms with Gasteiger partial charge in [0.15, 0.2) is 0 Å². The molecule has 1 aromatic carbocycles. The highest BCUT2D eigenvalue weighted by atomic mass is 32.2. The molecule has 0 spiro atoms. The van der Waals surface area contributed by atoms with Crippen LogP contribution in [0.2, 0.25) is 0 Å². The summed E-state index contributed by atoms with van der Waals surface area (Å²) in [5, 5.41) is 0. The number of hydrogen-bond acceptors (Lipinski definition) is 4. The Bertz CT molecular complexity index is 587. The Morgan fingerprint density at radius 1 is 1.38 bits per heavy atom. The fourth-order valence-electron chi connectivity index (χ4n) is 2.70. The molecule has 0 aliphatic carbocycles. The van der Waals surface area contributed by atoms with Crippen LogP contribution in [0.15, 0.2) is 23.1 Å². The number of hydrogen-bond donors (Lipinski definition) is 2. The van der Waals surface area contributed by atoms with Crippen molar-refractivity contribution in [2.45, 2.75) is 56.7 Å². The first-order valence-electron chi connectivity index (χ1n) is 7.42. The third-order valence-corrected chi connectivity index (χ3v) is 5.41. The third kappa shape index (κ3) is 4.03. The van der Waals surface area contributed by atoms with E-state index in [1.165, 1.54) is 0 Å². The number of nitrogens with two attached hydrogens (primary N) is 1. The van der Waals surface area contributed by atoms with E-state index in [1.807, 2.05) is 19.9 Å². The molecule has 2 unspecified atom stereocenters. The fraction of sp³-hybridized carbons (Fsp3) is 0.600. The molecule has 21 heavy (non-hydrogen) atoms. The molecule has 1 aliphatic heterocycles. The highest BCUT2D eigenvalue weighted by Gasteiger charge is 2.25. The van der Waals surface area contributed by atoms with Gasteiger partial charge in [0, 0.05) is 19.2 Å². The zero-order valence-electron chi connectivity index (χ0n) is 12.6. The van der Waals surface area contributed by atoms with Crippen LogP contribution in [0.4, 0.5) is 0 Å². The molecule has 6 heteroatoms. The quantitative estimate of drug-likeness (QED) is 0.864. The summed E-state index contributed by atoms with van der Waals surface area (Å²) in [5.41, 5.74) is 7.69. The summed E-state index contributed by atoms with van der Waals surface area (Å²) < 4.78 is 33.2. The van der Waals surface area contributed by atoms with Crippen molar-refractivity contribution in [2.75, 3.05) is 6.61 Å². The highest BCUT2D eigenvalue weighted by molar-refractivity contribution is 7.89. The second-order valence-electron chi connectivity index (χ2n) is 5.51. The number of benzene rings is 1. The largest absolute Gasteiger partial charge is 0.378 e. The number of sulfonamides is 1. The molecule has 3 N–H and O–H groups in total. The standard InChI is InChI=1S/C15H24N2O3S/c1-3-12-4-5-15(9-13(12)10-16)21(18,19)17-14-6-7-20-11(2)8-14/h4-5,9,11,14,17H,3,6-8,10,16H2,1-2H3. The number of aryl methyl sites for hydroxylation is 1. The van der Waals surface area contributed by atoms with E-state index in [4.69, 9.17) is 10.5 Å². The number of ether oxygens (including phenoxy) is 1. The number of nitrogens with one attached hydrogen (secondary N) is 1. The SMILES string of the molecule is CCc1ccc(S(=O)(=O)NC2CCOC(C)C2)cc1CN. The van der Waals surface area contributed by atoms with E-state index in [9.17, 15) is 8.42 Å². The van der Waals surface area contributed by atoms with E-state index in [1.54, 1.807) is 12.1 Å². The second kappa shape index (κ2) is 6.87. The van der Waals surface area contributed by atoms with Crippen LogP contribution in [0.3, 0.4) is 0 Å². The maximum absolute atomic E-state index is 12.5. The summed E-state index contributed by atoms with van der Waals surface area (Å²) in [5.74, 6) is 0. The van der Waals surface area contributed by atoms with Crippen molar-refractivity contribution in [3.63, 3.8) is 0 Å².